The lowest BCUT2D eigenvalue weighted by Gasteiger charge is -2.22. The van der Waals surface area contributed by atoms with Crippen LogP contribution in [0.2, 0.25) is 0 Å². The van der Waals surface area contributed by atoms with E-state index in [1.165, 1.54) is 38.1 Å². The van der Waals surface area contributed by atoms with Gasteiger partial charge < -0.3 is 10.6 Å². The molecule has 0 unspecified atom stereocenters. The molecule has 4 amide bonds. The maximum Gasteiger partial charge on any atom is 0.325 e. The second-order valence-electron chi connectivity index (χ2n) is 6.90. The summed E-state index contributed by atoms with van der Waals surface area (Å²) in [6.45, 7) is 2.26. The molecule has 1 atom stereocenters. The zero-order chi connectivity index (χ0) is 22.1. The number of anilines is 1. The van der Waals surface area contributed by atoms with Crippen LogP contribution in [0.4, 0.5) is 16.2 Å². The number of para-hydroxylation sites is 1. The Kier molecular flexibility index (Phi) is 5.33. The van der Waals surface area contributed by atoms with Crippen LogP contribution >= 0.6 is 0 Å². The van der Waals surface area contributed by atoms with Crippen LogP contribution in [0.1, 0.15) is 29.8 Å². The van der Waals surface area contributed by atoms with Crippen LogP contribution in [0.15, 0.2) is 48.5 Å². The van der Waals surface area contributed by atoms with E-state index < -0.39 is 34.9 Å². The van der Waals surface area contributed by atoms with Crippen molar-refractivity contribution in [2.45, 2.75) is 19.4 Å². The molecular weight excluding hydrogens is 392 g/mol. The zero-order valence-corrected chi connectivity index (χ0v) is 16.2. The molecule has 10 nitrogen and oxygen atoms in total. The van der Waals surface area contributed by atoms with Crippen molar-refractivity contribution in [3.63, 3.8) is 0 Å². The van der Waals surface area contributed by atoms with E-state index in [1.54, 1.807) is 24.3 Å². The van der Waals surface area contributed by atoms with E-state index in [0.717, 1.165) is 4.90 Å². The first-order valence-electron chi connectivity index (χ1n) is 8.92. The second-order valence-corrected chi connectivity index (χ2v) is 6.90. The number of imide groups is 1. The third kappa shape index (κ3) is 3.75. The van der Waals surface area contributed by atoms with Gasteiger partial charge >= 0.3 is 6.03 Å². The fraction of sp³-hybridized carbons (Fsp3) is 0.200. The van der Waals surface area contributed by atoms with Gasteiger partial charge in [0.2, 0.25) is 5.91 Å². The highest BCUT2D eigenvalue weighted by molar-refractivity contribution is 6.11. The molecule has 0 spiro atoms. The van der Waals surface area contributed by atoms with Crippen LogP contribution in [0, 0.1) is 10.1 Å². The van der Waals surface area contributed by atoms with Crippen LogP contribution < -0.4 is 10.6 Å². The number of hydrogen-bond acceptors (Lipinski definition) is 6. The number of amides is 4. The predicted molar refractivity (Wildman–Crippen MR) is 106 cm³/mol. The predicted octanol–water partition coefficient (Wildman–Crippen LogP) is 2.20. The number of hydrogen-bond donors (Lipinski definition) is 2. The standard InChI is InChI=1S/C20H18N4O6/c1-12(25)15-5-3-4-6-16(15)21-17(26)11-23-18(27)20(2,22-19(23)28)13-7-9-14(10-8-13)24(29)30/h3-10H,11H2,1-2H3,(H,21,26)(H,22,28)/t20-/m1/s1. The van der Waals surface area contributed by atoms with E-state index >= 15 is 0 Å². The molecule has 0 aliphatic carbocycles. The Morgan fingerprint density at radius 3 is 2.37 bits per heavy atom. The van der Waals surface area contributed by atoms with Gasteiger partial charge in [0.15, 0.2) is 5.78 Å². The molecule has 30 heavy (non-hydrogen) atoms. The Morgan fingerprint density at radius 2 is 1.77 bits per heavy atom. The number of Topliss-reactive ketones (excluding diaryl/α,β-unsaturated/α-hetero) is 1. The number of carbonyl (C=O) groups is 4. The molecule has 1 heterocycles. The normalized spacial score (nSPS) is 18.1. The molecule has 1 saturated heterocycles. The summed E-state index contributed by atoms with van der Waals surface area (Å²) in [6.07, 6.45) is 0. The minimum atomic E-state index is -1.47. The Balaban J connectivity index is 1.77. The van der Waals surface area contributed by atoms with Crippen LogP contribution in [-0.2, 0) is 15.1 Å². The molecule has 3 rings (SSSR count). The molecule has 2 N–H and O–H groups in total. The highest BCUT2D eigenvalue weighted by atomic mass is 16.6. The van der Waals surface area contributed by atoms with Gasteiger partial charge in [-0.15, -0.1) is 0 Å². The van der Waals surface area contributed by atoms with Crippen molar-refractivity contribution < 1.29 is 24.1 Å². The molecule has 2 aromatic rings. The van der Waals surface area contributed by atoms with Gasteiger partial charge in [0.25, 0.3) is 11.6 Å². The summed E-state index contributed by atoms with van der Waals surface area (Å²) in [5.41, 5.74) is -0.696. The fourth-order valence-electron chi connectivity index (χ4n) is 3.19. The Morgan fingerprint density at radius 1 is 1.13 bits per heavy atom. The molecule has 10 heteroatoms. The van der Waals surface area contributed by atoms with Crippen LogP contribution in [0.25, 0.3) is 0 Å². The van der Waals surface area contributed by atoms with Gasteiger partial charge in [0.1, 0.15) is 12.1 Å². The fourth-order valence-corrected chi connectivity index (χ4v) is 3.19. The summed E-state index contributed by atoms with van der Waals surface area (Å²) in [4.78, 5) is 60.4. The SMILES string of the molecule is CC(=O)c1ccccc1NC(=O)CN1C(=O)N[C@](C)(c2ccc([N+](=O)[O-])cc2)C1=O. The number of non-ortho nitro benzene ring substituents is 1. The molecule has 0 bridgehead atoms. The molecule has 154 valence electrons. The topological polar surface area (TPSA) is 139 Å². The summed E-state index contributed by atoms with van der Waals surface area (Å²) in [5.74, 6) is -1.57. The first kappa shape index (κ1) is 20.6. The lowest BCUT2D eigenvalue weighted by molar-refractivity contribution is -0.384. The van der Waals surface area contributed by atoms with Gasteiger partial charge in [-0.2, -0.15) is 0 Å². The summed E-state index contributed by atoms with van der Waals surface area (Å²) in [7, 11) is 0. The minimum Gasteiger partial charge on any atom is -0.324 e. The number of rotatable bonds is 6. The van der Waals surface area contributed by atoms with E-state index in [4.69, 9.17) is 0 Å². The van der Waals surface area contributed by atoms with Gasteiger partial charge in [0, 0.05) is 17.7 Å². The smallest absolute Gasteiger partial charge is 0.324 e. The van der Waals surface area contributed by atoms with Gasteiger partial charge in [-0.05, 0) is 43.7 Å². The van der Waals surface area contributed by atoms with Crippen molar-refractivity contribution in [1.29, 1.82) is 0 Å². The summed E-state index contributed by atoms with van der Waals surface area (Å²) < 4.78 is 0. The van der Waals surface area contributed by atoms with Gasteiger partial charge in [0.05, 0.1) is 10.6 Å². The van der Waals surface area contributed by atoms with Gasteiger partial charge in [-0.3, -0.25) is 29.4 Å². The highest BCUT2D eigenvalue weighted by Gasteiger charge is 2.49. The number of nitro groups is 1. The van der Waals surface area contributed by atoms with E-state index in [1.807, 2.05) is 0 Å². The Bertz CT molecular complexity index is 1070. The monoisotopic (exact) mass is 410 g/mol. The highest BCUT2D eigenvalue weighted by Crippen LogP contribution is 2.30. The third-order valence-corrected chi connectivity index (χ3v) is 4.81. The third-order valence-electron chi connectivity index (χ3n) is 4.81. The average Bonchev–Trinajstić information content (AvgIpc) is 2.92. The molecule has 1 fully saturated rings. The summed E-state index contributed by atoms with van der Waals surface area (Å²) in [5, 5.41) is 15.9. The number of nitro benzene ring substituents is 1. The number of nitrogens with one attached hydrogen (secondary N) is 2. The maximum atomic E-state index is 12.9. The van der Waals surface area contributed by atoms with Crippen LogP contribution in [0.3, 0.4) is 0 Å². The minimum absolute atomic E-state index is 0.153. The van der Waals surface area contributed by atoms with E-state index in [9.17, 15) is 29.3 Å². The number of ketones is 1. The quantitative estimate of drug-likeness (QED) is 0.324. The molecular formula is C20H18N4O6. The Labute approximate surface area is 171 Å². The molecule has 0 saturated carbocycles. The number of benzene rings is 2. The van der Waals surface area contributed by atoms with Crippen LogP contribution in [0.5, 0.6) is 0 Å². The van der Waals surface area contributed by atoms with Crippen molar-refractivity contribution in [2.24, 2.45) is 0 Å². The van der Waals surface area contributed by atoms with Crippen molar-refractivity contribution in [2.75, 3.05) is 11.9 Å². The first-order chi connectivity index (χ1) is 14.1. The number of carbonyl (C=O) groups excluding carboxylic acids is 4. The number of urea groups is 1. The average molecular weight is 410 g/mol. The zero-order valence-electron chi connectivity index (χ0n) is 16.2. The van der Waals surface area contributed by atoms with Crippen molar-refractivity contribution >= 4 is 35.0 Å². The van der Waals surface area contributed by atoms with Gasteiger partial charge in [-0.1, -0.05) is 12.1 Å². The molecule has 1 aliphatic rings. The molecule has 1 aliphatic heterocycles. The molecule has 2 aromatic carbocycles. The van der Waals surface area contributed by atoms with E-state index in [-0.39, 0.29) is 17.2 Å². The maximum absolute atomic E-state index is 12.9. The summed E-state index contributed by atoms with van der Waals surface area (Å²) in [6, 6.07) is 10.8. The van der Waals surface area contributed by atoms with Crippen molar-refractivity contribution in [3.05, 3.63) is 69.8 Å². The van der Waals surface area contributed by atoms with Gasteiger partial charge in [-0.25, -0.2) is 4.79 Å². The lowest BCUT2D eigenvalue weighted by Crippen LogP contribution is -2.42. The van der Waals surface area contributed by atoms with Crippen molar-refractivity contribution in [3.8, 4) is 0 Å². The Hall–Kier alpha value is -4.08. The second kappa shape index (κ2) is 7.74. The number of nitrogens with zero attached hydrogens (tertiary/aromatic N) is 2. The largest absolute Gasteiger partial charge is 0.325 e. The van der Waals surface area contributed by atoms with E-state index in [2.05, 4.69) is 10.6 Å². The lowest BCUT2D eigenvalue weighted by atomic mass is 9.92. The molecule has 0 radical (unpaired) electrons. The first-order valence-corrected chi connectivity index (χ1v) is 8.92. The summed E-state index contributed by atoms with van der Waals surface area (Å²) >= 11 is 0. The van der Waals surface area contributed by atoms with E-state index in [0.29, 0.717) is 11.1 Å². The van der Waals surface area contributed by atoms with Crippen LogP contribution in [-0.4, -0.2) is 40.0 Å². The molecule has 0 aromatic heterocycles. The van der Waals surface area contributed by atoms with Crippen molar-refractivity contribution in [1.82, 2.24) is 10.2 Å².